The number of nitrogens with one attached hydrogen (secondary N) is 1. The zero-order chi connectivity index (χ0) is 15.1. The molecule has 1 aromatic rings. The quantitative estimate of drug-likeness (QED) is 0.593. The van der Waals surface area contributed by atoms with Crippen molar-refractivity contribution >= 4 is 12.2 Å². The number of carboxylic acids is 1. The molecule has 1 fully saturated rings. The summed E-state index contributed by atoms with van der Waals surface area (Å²) in [5.74, 6) is 0.441. The second-order valence-corrected chi connectivity index (χ2v) is 4.92. The van der Waals surface area contributed by atoms with E-state index in [1.807, 2.05) is 18.2 Å². The van der Waals surface area contributed by atoms with Crippen molar-refractivity contribution in [3.63, 3.8) is 0 Å². The van der Waals surface area contributed by atoms with Gasteiger partial charge in [-0.05, 0) is 49.4 Å². The Labute approximate surface area is 123 Å². The molecule has 0 unspecified atom stereocenters. The molecule has 0 aliphatic heterocycles. The highest BCUT2D eigenvalue weighted by Crippen LogP contribution is 2.32. The van der Waals surface area contributed by atoms with Crippen LogP contribution >= 0.6 is 0 Å². The van der Waals surface area contributed by atoms with Crippen LogP contribution in [0.2, 0.25) is 0 Å². The zero-order valence-electron chi connectivity index (χ0n) is 12.0. The number of ether oxygens (including phenoxy) is 2. The monoisotopic (exact) mass is 292 g/mol. The van der Waals surface area contributed by atoms with Crippen molar-refractivity contribution < 1.29 is 19.4 Å². The van der Waals surface area contributed by atoms with Crippen molar-refractivity contribution in [3.05, 3.63) is 23.8 Å². The van der Waals surface area contributed by atoms with Gasteiger partial charge in [-0.15, -0.1) is 0 Å². The third kappa shape index (κ3) is 4.66. The predicted molar refractivity (Wildman–Crippen MR) is 79.1 cm³/mol. The standard InChI is InChI=1S/C15H20N2O4/c1-20-13-7-6-11(9-16-17-10-15(18)19)8-14(13)21-12-4-2-3-5-12/h6-9,12,17H,2-5,10H2,1H3,(H,18,19). The Bertz CT molecular complexity index is 510. The van der Waals surface area contributed by atoms with E-state index in [4.69, 9.17) is 14.6 Å². The number of nitrogens with zero attached hydrogens (tertiary/aromatic N) is 1. The van der Waals surface area contributed by atoms with Gasteiger partial charge in [-0.2, -0.15) is 5.10 Å². The Morgan fingerprint density at radius 2 is 2.19 bits per heavy atom. The number of hydrogen-bond donors (Lipinski definition) is 2. The molecular formula is C15H20N2O4. The van der Waals surface area contributed by atoms with Crippen LogP contribution in [0.15, 0.2) is 23.3 Å². The van der Waals surface area contributed by atoms with Crippen molar-refractivity contribution in [1.82, 2.24) is 5.43 Å². The first-order chi connectivity index (χ1) is 10.2. The largest absolute Gasteiger partial charge is 0.493 e. The molecule has 2 N–H and O–H groups in total. The average molecular weight is 292 g/mol. The number of benzene rings is 1. The summed E-state index contributed by atoms with van der Waals surface area (Å²) in [5.41, 5.74) is 3.27. The van der Waals surface area contributed by atoms with Gasteiger partial charge in [0, 0.05) is 0 Å². The summed E-state index contributed by atoms with van der Waals surface area (Å²) >= 11 is 0. The van der Waals surface area contributed by atoms with Crippen LogP contribution in [0, 0.1) is 0 Å². The van der Waals surface area contributed by atoms with Crippen LogP contribution in [-0.2, 0) is 4.79 Å². The summed E-state index contributed by atoms with van der Waals surface area (Å²) in [4.78, 5) is 10.4. The van der Waals surface area contributed by atoms with Crippen molar-refractivity contribution in [2.45, 2.75) is 31.8 Å². The molecule has 21 heavy (non-hydrogen) atoms. The SMILES string of the molecule is COc1ccc(C=NNCC(=O)O)cc1OC1CCCC1. The molecule has 0 aromatic heterocycles. The average Bonchev–Trinajstić information content (AvgIpc) is 2.97. The Morgan fingerprint density at radius 1 is 1.43 bits per heavy atom. The topological polar surface area (TPSA) is 80.2 Å². The number of hydrogen-bond acceptors (Lipinski definition) is 5. The molecule has 0 radical (unpaired) electrons. The Hall–Kier alpha value is -2.24. The minimum Gasteiger partial charge on any atom is -0.493 e. The number of hydrazone groups is 1. The summed E-state index contributed by atoms with van der Waals surface area (Å²) in [5, 5.41) is 12.4. The van der Waals surface area contributed by atoms with Gasteiger partial charge in [0.15, 0.2) is 11.5 Å². The molecule has 2 rings (SSSR count). The van der Waals surface area contributed by atoms with Crippen LogP contribution in [0.3, 0.4) is 0 Å². The van der Waals surface area contributed by atoms with E-state index in [1.54, 1.807) is 13.3 Å². The molecular weight excluding hydrogens is 272 g/mol. The third-order valence-corrected chi connectivity index (χ3v) is 3.32. The molecule has 0 bridgehead atoms. The highest BCUT2D eigenvalue weighted by molar-refractivity contribution is 5.81. The van der Waals surface area contributed by atoms with E-state index >= 15 is 0 Å². The van der Waals surface area contributed by atoms with E-state index in [0.717, 1.165) is 18.4 Å². The summed E-state index contributed by atoms with van der Waals surface area (Å²) in [6.07, 6.45) is 6.35. The lowest BCUT2D eigenvalue weighted by Crippen LogP contribution is -2.17. The Morgan fingerprint density at radius 3 is 2.86 bits per heavy atom. The van der Waals surface area contributed by atoms with Gasteiger partial charge < -0.3 is 14.6 Å². The van der Waals surface area contributed by atoms with Crippen LogP contribution in [0.1, 0.15) is 31.2 Å². The molecule has 0 amide bonds. The van der Waals surface area contributed by atoms with E-state index in [0.29, 0.717) is 11.5 Å². The Balaban J connectivity index is 2.03. The Kier molecular flexibility index (Phi) is 5.43. The molecule has 0 heterocycles. The summed E-state index contributed by atoms with van der Waals surface area (Å²) in [7, 11) is 1.61. The first-order valence-corrected chi connectivity index (χ1v) is 7.01. The van der Waals surface area contributed by atoms with Gasteiger partial charge in [0.2, 0.25) is 0 Å². The number of aliphatic carboxylic acids is 1. The number of carbonyl (C=O) groups is 1. The minimum absolute atomic E-state index is 0.210. The molecule has 1 aliphatic rings. The maximum Gasteiger partial charge on any atom is 0.324 e. The molecule has 0 atom stereocenters. The molecule has 0 saturated heterocycles. The van der Waals surface area contributed by atoms with Crippen molar-refractivity contribution in [2.24, 2.45) is 5.10 Å². The van der Waals surface area contributed by atoms with E-state index in [1.165, 1.54) is 12.8 Å². The predicted octanol–water partition coefficient (Wildman–Crippen LogP) is 2.02. The number of rotatable bonds is 7. The second kappa shape index (κ2) is 7.52. The highest BCUT2D eigenvalue weighted by Gasteiger charge is 2.18. The maximum atomic E-state index is 10.4. The van der Waals surface area contributed by atoms with E-state index in [2.05, 4.69) is 10.5 Å². The summed E-state index contributed by atoms with van der Waals surface area (Å²) in [6.45, 7) is -0.210. The highest BCUT2D eigenvalue weighted by atomic mass is 16.5. The van der Waals surface area contributed by atoms with Crippen LogP contribution in [0.5, 0.6) is 11.5 Å². The van der Waals surface area contributed by atoms with Gasteiger partial charge >= 0.3 is 5.97 Å². The summed E-state index contributed by atoms with van der Waals surface area (Å²) in [6, 6.07) is 5.51. The van der Waals surface area contributed by atoms with Gasteiger partial charge in [-0.3, -0.25) is 10.2 Å². The van der Waals surface area contributed by atoms with Gasteiger partial charge in [-0.25, -0.2) is 0 Å². The van der Waals surface area contributed by atoms with Crippen LogP contribution in [0.25, 0.3) is 0 Å². The van der Waals surface area contributed by atoms with Crippen molar-refractivity contribution in [2.75, 3.05) is 13.7 Å². The lowest BCUT2D eigenvalue weighted by Gasteiger charge is -2.16. The van der Waals surface area contributed by atoms with E-state index in [-0.39, 0.29) is 12.6 Å². The zero-order valence-corrected chi connectivity index (χ0v) is 12.0. The molecule has 0 spiro atoms. The minimum atomic E-state index is -0.952. The fourth-order valence-electron chi connectivity index (χ4n) is 2.28. The first-order valence-electron chi connectivity index (χ1n) is 7.01. The normalized spacial score (nSPS) is 15.3. The van der Waals surface area contributed by atoms with Gasteiger partial charge in [-0.1, -0.05) is 0 Å². The maximum absolute atomic E-state index is 10.4. The van der Waals surface area contributed by atoms with Gasteiger partial charge in [0.05, 0.1) is 19.4 Å². The van der Waals surface area contributed by atoms with Gasteiger partial charge in [0.1, 0.15) is 6.54 Å². The molecule has 1 aromatic carbocycles. The second-order valence-electron chi connectivity index (χ2n) is 4.92. The van der Waals surface area contributed by atoms with Crippen LogP contribution in [-0.4, -0.2) is 37.0 Å². The lowest BCUT2D eigenvalue weighted by molar-refractivity contribution is -0.135. The molecule has 1 aliphatic carbocycles. The van der Waals surface area contributed by atoms with Crippen LogP contribution < -0.4 is 14.9 Å². The lowest BCUT2D eigenvalue weighted by atomic mass is 10.2. The molecule has 114 valence electrons. The fraction of sp³-hybridized carbons (Fsp3) is 0.467. The van der Waals surface area contributed by atoms with Crippen LogP contribution in [0.4, 0.5) is 0 Å². The van der Waals surface area contributed by atoms with Crippen molar-refractivity contribution in [1.29, 1.82) is 0 Å². The summed E-state index contributed by atoms with van der Waals surface area (Å²) < 4.78 is 11.3. The first kappa shape index (κ1) is 15.2. The smallest absolute Gasteiger partial charge is 0.324 e. The molecule has 6 nitrogen and oxygen atoms in total. The van der Waals surface area contributed by atoms with Gasteiger partial charge in [0.25, 0.3) is 0 Å². The van der Waals surface area contributed by atoms with E-state index < -0.39 is 5.97 Å². The molecule has 1 saturated carbocycles. The van der Waals surface area contributed by atoms with E-state index in [9.17, 15) is 4.79 Å². The number of methoxy groups -OCH3 is 1. The third-order valence-electron chi connectivity index (χ3n) is 3.32. The van der Waals surface area contributed by atoms with Crippen molar-refractivity contribution in [3.8, 4) is 11.5 Å². The fourth-order valence-corrected chi connectivity index (χ4v) is 2.28. The number of carboxylic acid groups (broad SMARTS) is 1. The molecule has 6 heteroatoms.